The molecule has 0 aliphatic carbocycles. The molecule has 1 aromatic heterocycles. The number of ether oxygens (including phenoxy) is 2. The van der Waals surface area contributed by atoms with E-state index in [0.717, 1.165) is 13.1 Å². The number of nitriles is 1. The molecule has 0 bridgehead atoms. The number of halogens is 1. The molecule has 1 heterocycles. The first-order valence-electron chi connectivity index (χ1n) is 12.9. The number of carbonyl (C=O) groups excluding carboxylic acids is 1. The third-order valence-corrected chi connectivity index (χ3v) is 6.16. The van der Waals surface area contributed by atoms with Crippen molar-refractivity contribution in [3.63, 3.8) is 0 Å². The Labute approximate surface area is 231 Å². The first-order chi connectivity index (χ1) is 19.4. The molecule has 40 heavy (non-hydrogen) atoms. The number of hydrogen-bond donors (Lipinski definition) is 3. The molecule has 2 amide bonds. The topological polar surface area (TPSA) is 120 Å². The summed E-state index contributed by atoms with van der Waals surface area (Å²) < 4.78 is 24.9. The summed E-state index contributed by atoms with van der Waals surface area (Å²) in [5, 5.41) is 26.0. The molecular weight excluding hydrogens is 513 g/mol. The minimum Gasteiger partial charge on any atom is -0.489 e. The normalized spacial score (nSPS) is 11.6. The maximum Gasteiger partial charge on any atom is 0.323 e. The van der Waals surface area contributed by atoms with Crippen LogP contribution in [0.2, 0.25) is 0 Å². The van der Waals surface area contributed by atoms with E-state index in [1.165, 1.54) is 24.3 Å². The van der Waals surface area contributed by atoms with Crippen LogP contribution in [0.3, 0.4) is 0 Å². The number of rotatable bonds is 11. The average Bonchev–Trinajstić information content (AvgIpc) is 2.96. The van der Waals surface area contributed by atoms with Gasteiger partial charge in [-0.1, -0.05) is 13.8 Å². The Hall–Kier alpha value is -4.72. The first-order valence-corrected chi connectivity index (χ1v) is 12.9. The monoisotopic (exact) mass is 543 g/mol. The van der Waals surface area contributed by atoms with Crippen molar-refractivity contribution in [1.29, 1.82) is 5.26 Å². The fourth-order valence-corrected chi connectivity index (χ4v) is 4.02. The molecule has 0 unspecified atom stereocenters. The van der Waals surface area contributed by atoms with Crippen molar-refractivity contribution in [1.82, 2.24) is 9.88 Å². The van der Waals surface area contributed by atoms with E-state index in [0.29, 0.717) is 51.6 Å². The van der Waals surface area contributed by atoms with Gasteiger partial charge in [-0.05, 0) is 73.8 Å². The highest BCUT2D eigenvalue weighted by Crippen LogP contribution is 2.33. The number of benzene rings is 3. The standard InChI is InChI=1S/C30H30FN5O4/c1-3-36(4-2)18-24(37)19-39-29-16-27-26(15-20(29)17-32)28(13-14-33-27)40-25-11-9-23(10-12-25)35-30(38)34-22-7-5-21(31)6-8-22/h5-16,24,37H,3-4,18-19H2,1-2H3,(H2,34,35,38)/t24-/m0/s1. The van der Waals surface area contributed by atoms with Gasteiger partial charge in [0, 0.05) is 35.6 Å². The lowest BCUT2D eigenvalue weighted by Crippen LogP contribution is -2.35. The fourth-order valence-electron chi connectivity index (χ4n) is 4.02. The molecule has 9 nitrogen and oxygen atoms in total. The predicted octanol–water partition coefficient (Wildman–Crippen LogP) is 5.76. The second kappa shape index (κ2) is 13.4. The maximum absolute atomic E-state index is 13.0. The van der Waals surface area contributed by atoms with Crippen molar-refractivity contribution < 1.29 is 23.8 Å². The summed E-state index contributed by atoms with van der Waals surface area (Å²) in [5.74, 6) is 0.953. The van der Waals surface area contributed by atoms with Gasteiger partial charge in [-0.15, -0.1) is 0 Å². The number of amides is 2. The van der Waals surface area contributed by atoms with Crippen LogP contribution < -0.4 is 20.1 Å². The van der Waals surface area contributed by atoms with Crippen molar-refractivity contribution in [3.05, 3.63) is 84.3 Å². The molecule has 3 N–H and O–H groups in total. The van der Waals surface area contributed by atoms with Crippen molar-refractivity contribution >= 4 is 28.3 Å². The molecular formula is C30H30FN5O4. The molecule has 0 spiro atoms. The van der Waals surface area contributed by atoms with Gasteiger partial charge < -0.3 is 30.1 Å². The molecule has 0 saturated carbocycles. The van der Waals surface area contributed by atoms with Crippen LogP contribution in [0.25, 0.3) is 10.9 Å². The lowest BCUT2D eigenvalue weighted by molar-refractivity contribution is 0.0716. The third kappa shape index (κ3) is 7.44. The summed E-state index contributed by atoms with van der Waals surface area (Å²) in [4.78, 5) is 18.7. The van der Waals surface area contributed by atoms with Crippen molar-refractivity contribution in [3.8, 4) is 23.3 Å². The Balaban J connectivity index is 1.43. The second-order valence-electron chi connectivity index (χ2n) is 8.95. The number of nitrogens with one attached hydrogen (secondary N) is 2. The summed E-state index contributed by atoms with van der Waals surface area (Å²) in [7, 11) is 0. The smallest absolute Gasteiger partial charge is 0.323 e. The molecule has 0 radical (unpaired) electrons. The van der Waals surface area contributed by atoms with Gasteiger partial charge in [0.2, 0.25) is 0 Å². The van der Waals surface area contributed by atoms with Crippen LogP contribution in [0.15, 0.2) is 72.9 Å². The lowest BCUT2D eigenvalue weighted by atomic mass is 10.1. The second-order valence-corrected chi connectivity index (χ2v) is 8.95. The Bertz CT molecular complexity index is 1490. The Kier molecular flexibility index (Phi) is 9.46. The van der Waals surface area contributed by atoms with E-state index >= 15 is 0 Å². The predicted molar refractivity (Wildman–Crippen MR) is 151 cm³/mol. The van der Waals surface area contributed by atoms with E-state index in [2.05, 4.69) is 26.6 Å². The number of pyridine rings is 1. The van der Waals surface area contributed by atoms with E-state index in [4.69, 9.17) is 9.47 Å². The molecule has 0 saturated heterocycles. The van der Waals surface area contributed by atoms with E-state index in [-0.39, 0.29) is 12.4 Å². The average molecular weight is 544 g/mol. The van der Waals surface area contributed by atoms with Gasteiger partial charge in [0.1, 0.15) is 41.8 Å². The number of urea groups is 1. The van der Waals surface area contributed by atoms with E-state index in [9.17, 15) is 19.6 Å². The largest absolute Gasteiger partial charge is 0.489 e. The summed E-state index contributed by atoms with van der Waals surface area (Å²) in [6, 6.07) is 18.9. The van der Waals surface area contributed by atoms with E-state index in [1.54, 1.807) is 48.7 Å². The van der Waals surface area contributed by atoms with Crippen LogP contribution in [-0.2, 0) is 0 Å². The van der Waals surface area contributed by atoms with Gasteiger partial charge in [0.25, 0.3) is 0 Å². The molecule has 0 aliphatic heterocycles. The van der Waals surface area contributed by atoms with Crippen molar-refractivity contribution in [2.45, 2.75) is 20.0 Å². The molecule has 4 aromatic rings. The Morgan fingerprint density at radius 3 is 2.30 bits per heavy atom. The third-order valence-electron chi connectivity index (χ3n) is 6.16. The highest BCUT2D eigenvalue weighted by molar-refractivity contribution is 5.99. The zero-order valence-corrected chi connectivity index (χ0v) is 22.2. The number of hydrogen-bond acceptors (Lipinski definition) is 7. The molecule has 1 atom stereocenters. The number of anilines is 2. The van der Waals surface area contributed by atoms with Crippen LogP contribution in [-0.4, -0.2) is 53.4 Å². The van der Waals surface area contributed by atoms with Gasteiger partial charge in [-0.2, -0.15) is 5.26 Å². The van der Waals surface area contributed by atoms with Crippen LogP contribution >= 0.6 is 0 Å². The highest BCUT2D eigenvalue weighted by atomic mass is 19.1. The van der Waals surface area contributed by atoms with Crippen LogP contribution in [0, 0.1) is 17.1 Å². The Morgan fingerprint density at radius 2 is 1.68 bits per heavy atom. The zero-order chi connectivity index (χ0) is 28.5. The number of carbonyl (C=O) groups is 1. The molecule has 0 aliphatic rings. The van der Waals surface area contributed by atoms with Crippen LogP contribution in [0.4, 0.5) is 20.6 Å². The van der Waals surface area contributed by atoms with E-state index in [1.807, 2.05) is 13.8 Å². The molecule has 4 rings (SSSR count). The first kappa shape index (κ1) is 28.3. The van der Waals surface area contributed by atoms with E-state index < -0.39 is 12.1 Å². The van der Waals surface area contributed by atoms with Gasteiger partial charge in [-0.25, -0.2) is 9.18 Å². The van der Waals surface area contributed by atoms with Gasteiger partial charge in [-0.3, -0.25) is 4.98 Å². The molecule has 0 fully saturated rings. The number of aliphatic hydroxyl groups is 1. The number of fused-ring (bicyclic) bond motifs is 1. The minimum absolute atomic E-state index is 0.0508. The van der Waals surface area contributed by atoms with Crippen molar-refractivity contribution in [2.24, 2.45) is 0 Å². The summed E-state index contributed by atoms with van der Waals surface area (Å²) in [6.07, 6.45) is 0.898. The molecule has 206 valence electrons. The number of aliphatic hydroxyl groups excluding tert-OH is 1. The summed E-state index contributed by atoms with van der Waals surface area (Å²) in [6.45, 7) is 6.24. The van der Waals surface area contributed by atoms with Gasteiger partial charge in [0.05, 0.1) is 11.1 Å². The maximum atomic E-state index is 13.0. The zero-order valence-electron chi connectivity index (χ0n) is 22.2. The number of likely N-dealkylation sites (N-methyl/N-ethyl adjacent to an activating group) is 1. The number of aromatic nitrogens is 1. The molecule has 10 heteroatoms. The Morgan fingerprint density at radius 1 is 1.02 bits per heavy atom. The quantitative estimate of drug-likeness (QED) is 0.220. The van der Waals surface area contributed by atoms with Crippen molar-refractivity contribution in [2.75, 3.05) is 36.9 Å². The fraction of sp³-hybridized carbons (Fsp3) is 0.233. The number of nitrogens with zero attached hydrogens (tertiary/aromatic N) is 3. The van der Waals surface area contributed by atoms with Crippen LogP contribution in [0.5, 0.6) is 17.2 Å². The lowest BCUT2D eigenvalue weighted by Gasteiger charge is -2.22. The van der Waals surface area contributed by atoms with Gasteiger partial charge >= 0.3 is 6.03 Å². The summed E-state index contributed by atoms with van der Waals surface area (Å²) >= 11 is 0. The highest BCUT2D eigenvalue weighted by Gasteiger charge is 2.15. The van der Waals surface area contributed by atoms with Gasteiger partial charge in [0.15, 0.2) is 0 Å². The van der Waals surface area contributed by atoms with Crippen LogP contribution in [0.1, 0.15) is 19.4 Å². The molecule has 3 aromatic carbocycles. The minimum atomic E-state index is -0.698. The summed E-state index contributed by atoms with van der Waals surface area (Å²) in [5.41, 5.74) is 1.86. The SMILES string of the molecule is CCN(CC)C[C@H](O)COc1cc2nccc(Oc3ccc(NC(=O)Nc4ccc(F)cc4)cc3)c2cc1C#N.